The van der Waals surface area contributed by atoms with Gasteiger partial charge < -0.3 is 14.9 Å². The van der Waals surface area contributed by atoms with Gasteiger partial charge in [0.25, 0.3) is 0 Å². The van der Waals surface area contributed by atoms with Crippen LogP contribution in [0, 0.1) is 12.7 Å². The second-order valence-electron chi connectivity index (χ2n) is 5.71. The highest BCUT2D eigenvalue weighted by Crippen LogP contribution is 2.38. The second-order valence-corrected chi connectivity index (χ2v) is 5.71. The molecule has 4 nitrogen and oxygen atoms in total. The SMILES string of the molecule is Cc1cccc(C(F)(F)Oc2cccc3cc(C(=O)O)c(O)cc23)c1F. The van der Waals surface area contributed by atoms with E-state index in [4.69, 9.17) is 9.84 Å². The molecule has 0 radical (unpaired) electrons. The van der Waals surface area contributed by atoms with Gasteiger partial charge in [0.1, 0.15) is 28.4 Å². The number of ether oxygens (including phenoxy) is 1. The smallest absolute Gasteiger partial charge is 0.429 e. The highest BCUT2D eigenvalue weighted by atomic mass is 19.3. The van der Waals surface area contributed by atoms with Gasteiger partial charge in [-0.15, -0.1) is 0 Å². The lowest BCUT2D eigenvalue weighted by Crippen LogP contribution is -2.24. The van der Waals surface area contributed by atoms with E-state index >= 15 is 0 Å². The molecule has 0 saturated heterocycles. The summed E-state index contributed by atoms with van der Waals surface area (Å²) in [7, 11) is 0. The third-order valence-corrected chi connectivity index (χ3v) is 3.93. The number of aromatic carboxylic acids is 1. The first-order chi connectivity index (χ1) is 12.2. The minimum atomic E-state index is -3.97. The fourth-order valence-electron chi connectivity index (χ4n) is 2.61. The maximum atomic E-state index is 14.5. The Morgan fingerprint density at radius 2 is 1.81 bits per heavy atom. The molecule has 0 aliphatic heterocycles. The molecule has 0 heterocycles. The summed E-state index contributed by atoms with van der Waals surface area (Å²) in [4.78, 5) is 11.1. The zero-order valence-corrected chi connectivity index (χ0v) is 13.5. The molecule has 0 fully saturated rings. The van der Waals surface area contributed by atoms with Crippen molar-refractivity contribution in [1.29, 1.82) is 0 Å². The standard InChI is InChI=1S/C19H13F3O4/c1-10-4-2-6-14(17(10)20)19(21,22)26-16-7-3-5-11-8-13(18(24)25)15(23)9-12(11)16/h2-9,23H,1H3,(H,24,25). The van der Waals surface area contributed by atoms with Crippen LogP contribution in [0.15, 0.2) is 48.5 Å². The van der Waals surface area contributed by atoms with Crippen LogP contribution in [0.1, 0.15) is 21.5 Å². The molecule has 0 aromatic heterocycles. The molecule has 0 amide bonds. The van der Waals surface area contributed by atoms with Gasteiger partial charge in [-0.3, -0.25) is 0 Å². The van der Waals surface area contributed by atoms with Crippen molar-refractivity contribution in [3.05, 3.63) is 71.0 Å². The number of carboxylic acid groups (broad SMARTS) is 1. The lowest BCUT2D eigenvalue weighted by molar-refractivity contribution is -0.186. The maximum absolute atomic E-state index is 14.5. The van der Waals surface area contributed by atoms with E-state index < -0.39 is 29.2 Å². The first-order valence-corrected chi connectivity index (χ1v) is 7.52. The van der Waals surface area contributed by atoms with E-state index in [1.807, 2.05) is 0 Å². The van der Waals surface area contributed by atoms with Crippen LogP contribution in [-0.4, -0.2) is 16.2 Å². The Kier molecular flexibility index (Phi) is 4.23. The van der Waals surface area contributed by atoms with Crippen LogP contribution in [0.4, 0.5) is 13.2 Å². The van der Waals surface area contributed by atoms with Gasteiger partial charge in [-0.25, -0.2) is 9.18 Å². The predicted molar refractivity (Wildman–Crippen MR) is 88.2 cm³/mol. The summed E-state index contributed by atoms with van der Waals surface area (Å²) in [5.74, 6) is -3.34. The van der Waals surface area contributed by atoms with Crippen molar-refractivity contribution in [2.45, 2.75) is 13.0 Å². The number of rotatable bonds is 4. The molecule has 0 saturated carbocycles. The summed E-state index contributed by atoms with van der Waals surface area (Å²) in [6, 6.07) is 9.85. The van der Waals surface area contributed by atoms with Gasteiger partial charge >= 0.3 is 12.1 Å². The van der Waals surface area contributed by atoms with Crippen LogP contribution in [0.2, 0.25) is 0 Å². The van der Waals surface area contributed by atoms with E-state index in [2.05, 4.69) is 0 Å². The highest BCUT2D eigenvalue weighted by Gasteiger charge is 2.38. The highest BCUT2D eigenvalue weighted by molar-refractivity contribution is 5.99. The van der Waals surface area contributed by atoms with Crippen molar-refractivity contribution in [2.75, 3.05) is 0 Å². The first kappa shape index (κ1) is 17.6. The van der Waals surface area contributed by atoms with Gasteiger partial charge in [0.15, 0.2) is 0 Å². The van der Waals surface area contributed by atoms with Gasteiger partial charge in [-0.05, 0) is 42.1 Å². The fourth-order valence-corrected chi connectivity index (χ4v) is 2.61. The minimum Gasteiger partial charge on any atom is -0.507 e. The summed E-state index contributed by atoms with van der Waals surface area (Å²) >= 11 is 0. The average molecular weight is 362 g/mol. The van der Waals surface area contributed by atoms with Crippen LogP contribution < -0.4 is 4.74 Å². The number of hydrogen-bond acceptors (Lipinski definition) is 3. The molecular weight excluding hydrogens is 349 g/mol. The molecule has 2 N–H and O–H groups in total. The Labute approximate surface area is 146 Å². The molecule has 0 aliphatic carbocycles. The molecule has 3 aromatic carbocycles. The van der Waals surface area contributed by atoms with E-state index in [0.29, 0.717) is 0 Å². The third kappa shape index (κ3) is 3.03. The van der Waals surface area contributed by atoms with Crippen molar-refractivity contribution in [3.8, 4) is 11.5 Å². The van der Waals surface area contributed by atoms with Crippen LogP contribution in [0.25, 0.3) is 10.8 Å². The van der Waals surface area contributed by atoms with Gasteiger partial charge in [-0.2, -0.15) is 8.78 Å². The molecule has 0 bridgehead atoms. The molecule has 0 aliphatic rings. The largest absolute Gasteiger partial charge is 0.507 e. The number of fused-ring (bicyclic) bond motifs is 1. The van der Waals surface area contributed by atoms with E-state index in [9.17, 15) is 23.1 Å². The summed E-state index contributed by atoms with van der Waals surface area (Å²) in [6.07, 6.45) is -3.97. The average Bonchev–Trinajstić information content (AvgIpc) is 2.56. The van der Waals surface area contributed by atoms with Crippen LogP contribution in [0.3, 0.4) is 0 Å². The summed E-state index contributed by atoms with van der Waals surface area (Å²) in [5.41, 5.74) is -1.24. The Morgan fingerprint density at radius 3 is 2.50 bits per heavy atom. The van der Waals surface area contributed by atoms with Crippen LogP contribution in [-0.2, 0) is 6.11 Å². The number of carboxylic acids is 1. The summed E-state index contributed by atoms with van der Waals surface area (Å²) in [6.45, 7) is 1.36. The summed E-state index contributed by atoms with van der Waals surface area (Å²) < 4.78 is 47.8. The quantitative estimate of drug-likeness (QED) is 0.698. The fraction of sp³-hybridized carbons (Fsp3) is 0.105. The van der Waals surface area contributed by atoms with Crippen molar-refractivity contribution < 1.29 is 32.9 Å². The first-order valence-electron chi connectivity index (χ1n) is 7.52. The van der Waals surface area contributed by atoms with Gasteiger partial charge in [0.05, 0.1) is 0 Å². The molecule has 3 rings (SSSR count). The van der Waals surface area contributed by atoms with Crippen molar-refractivity contribution >= 4 is 16.7 Å². The van der Waals surface area contributed by atoms with E-state index in [-0.39, 0.29) is 27.6 Å². The molecular formula is C19H13F3O4. The number of aryl methyl sites for hydroxylation is 1. The zero-order valence-electron chi connectivity index (χ0n) is 13.5. The number of carbonyl (C=O) groups is 1. The lowest BCUT2D eigenvalue weighted by atomic mass is 10.0. The second kappa shape index (κ2) is 6.25. The van der Waals surface area contributed by atoms with E-state index in [1.165, 1.54) is 37.3 Å². The number of hydrogen-bond donors (Lipinski definition) is 2. The number of halogens is 3. The van der Waals surface area contributed by atoms with E-state index in [0.717, 1.165) is 18.2 Å². The molecule has 0 spiro atoms. The van der Waals surface area contributed by atoms with Crippen LogP contribution >= 0.6 is 0 Å². The van der Waals surface area contributed by atoms with Crippen molar-refractivity contribution in [2.24, 2.45) is 0 Å². The van der Waals surface area contributed by atoms with Crippen LogP contribution in [0.5, 0.6) is 11.5 Å². The maximum Gasteiger partial charge on any atom is 0.429 e. The lowest BCUT2D eigenvalue weighted by Gasteiger charge is -2.20. The Bertz CT molecular complexity index is 1020. The Hall–Kier alpha value is -3.22. The number of alkyl halides is 2. The molecule has 134 valence electrons. The van der Waals surface area contributed by atoms with E-state index in [1.54, 1.807) is 0 Å². The van der Waals surface area contributed by atoms with Gasteiger partial charge in [0.2, 0.25) is 0 Å². The molecule has 3 aromatic rings. The molecule has 0 atom stereocenters. The van der Waals surface area contributed by atoms with Gasteiger partial charge in [-0.1, -0.05) is 24.3 Å². The van der Waals surface area contributed by atoms with Crippen molar-refractivity contribution in [1.82, 2.24) is 0 Å². The summed E-state index contributed by atoms with van der Waals surface area (Å²) in [5, 5.41) is 19.2. The normalized spacial score (nSPS) is 11.5. The molecule has 7 heteroatoms. The Morgan fingerprint density at radius 1 is 1.12 bits per heavy atom. The topological polar surface area (TPSA) is 66.8 Å². The zero-order chi connectivity index (χ0) is 19.1. The van der Waals surface area contributed by atoms with Gasteiger partial charge in [0, 0.05) is 5.39 Å². The number of aromatic hydroxyl groups is 1. The predicted octanol–water partition coefficient (Wildman–Crippen LogP) is 4.82. The monoisotopic (exact) mass is 362 g/mol. The molecule has 0 unspecified atom stereocenters. The molecule has 26 heavy (non-hydrogen) atoms. The minimum absolute atomic E-state index is 0.0486. The third-order valence-electron chi connectivity index (χ3n) is 3.93. The Balaban J connectivity index is 2.09. The van der Waals surface area contributed by atoms with Crippen molar-refractivity contribution in [3.63, 3.8) is 0 Å². The number of phenols is 1. The number of benzene rings is 3.